The minimum absolute atomic E-state index is 0.383. The van der Waals surface area contributed by atoms with E-state index in [2.05, 4.69) is 108 Å². The fraction of sp³-hybridized carbons (Fsp3) is 0.0625. The Hall–Kier alpha value is -4.30. The van der Waals surface area contributed by atoms with E-state index in [0.717, 1.165) is 17.1 Å². The molecule has 0 aliphatic heterocycles. The highest BCUT2D eigenvalue weighted by molar-refractivity contribution is 5.87. The molecule has 0 heterocycles. The lowest BCUT2D eigenvalue weighted by molar-refractivity contribution is 0.415. The van der Waals surface area contributed by atoms with Crippen molar-refractivity contribution < 1.29 is 4.74 Å². The fourth-order valence-electron chi connectivity index (χ4n) is 5.36. The van der Waals surface area contributed by atoms with Crippen molar-refractivity contribution in [1.29, 1.82) is 0 Å². The highest BCUT2D eigenvalue weighted by Gasteiger charge is 2.45. The van der Waals surface area contributed by atoms with E-state index in [1.54, 1.807) is 7.11 Å². The number of rotatable bonds is 5. The van der Waals surface area contributed by atoms with E-state index in [0.29, 0.717) is 0 Å². The van der Waals surface area contributed by atoms with Crippen LogP contribution >= 0.6 is 0 Å². The Bertz CT molecular complexity index is 1400. The third-order valence-electron chi connectivity index (χ3n) is 6.84. The summed E-state index contributed by atoms with van der Waals surface area (Å²) in [6.45, 7) is 0. The van der Waals surface area contributed by atoms with Crippen LogP contribution in [0.1, 0.15) is 22.3 Å². The van der Waals surface area contributed by atoms with Crippen molar-refractivity contribution in [3.63, 3.8) is 0 Å². The van der Waals surface area contributed by atoms with Gasteiger partial charge in [0, 0.05) is 11.4 Å². The first-order valence-corrected chi connectivity index (χ1v) is 11.6. The quantitative estimate of drug-likeness (QED) is 0.296. The molecule has 0 bridgehead atoms. The summed E-state index contributed by atoms with van der Waals surface area (Å²) in [5.41, 5.74) is 9.45. The van der Waals surface area contributed by atoms with Crippen LogP contribution in [-0.2, 0) is 5.41 Å². The molecule has 0 radical (unpaired) electrons. The van der Waals surface area contributed by atoms with Crippen LogP contribution in [0, 0.1) is 0 Å². The van der Waals surface area contributed by atoms with Gasteiger partial charge in [0.05, 0.1) is 12.5 Å². The minimum atomic E-state index is -0.383. The molecule has 34 heavy (non-hydrogen) atoms. The van der Waals surface area contributed by atoms with Crippen LogP contribution in [0.15, 0.2) is 127 Å². The molecule has 0 atom stereocenters. The van der Waals surface area contributed by atoms with Gasteiger partial charge in [-0.1, -0.05) is 91.0 Å². The molecule has 5 aromatic carbocycles. The lowest BCUT2D eigenvalue weighted by Crippen LogP contribution is -2.28. The van der Waals surface area contributed by atoms with Crippen LogP contribution < -0.4 is 10.1 Å². The number of hydrogen-bond acceptors (Lipinski definition) is 2. The molecular weight excluding hydrogens is 414 g/mol. The van der Waals surface area contributed by atoms with Crippen LogP contribution in [0.3, 0.4) is 0 Å². The fourth-order valence-corrected chi connectivity index (χ4v) is 5.36. The Balaban J connectivity index is 1.59. The molecule has 6 rings (SSSR count). The molecule has 1 aliphatic carbocycles. The summed E-state index contributed by atoms with van der Waals surface area (Å²) < 4.78 is 5.31. The molecule has 0 amide bonds. The summed E-state index contributed by atoms with van der Waals surface area (Å²) in [6, 6.07) is 45.4. The Morgan fingerprint density at radius 2 is 1.09 bits per heavy atom. The van der Waals surface area contributed by atoms with Crippen molar-refractivity contribution in [2.45, 2.75) is 5.41 Å². The van der Waals surface area contributed by atoms with Gasteiger partial charge in [-0.2, -0.15) is 0 Å². The van der Waals surface area contributed by atoms with Crippen molar-refractivity contribution in [3.8, 4) is 16.9 Å². The lowest BCUT2D eigenvalue weighted by Gasteiger charge is -2.34. The number of nitrogens with one attached hydrogen (secondary N) is 1. The molecular formula is C32H25NO. The Kier molecular flexibility index (Phi) is 4.92. The molecule has 0 spiro atoms. The third kappa shape index (κ3) is 3.11. The third-order valence-corrected chi connectivity index (χ3v) is 6.84. The van der Waals surface area contributed by atoms with Gasteiger partial charge in [0.2, 0.25) is 0 Å². The van der Waals surface area contributed by atoms with Crippen molar-refractivity contribution >= 4 is 11.4 Å². The van der Waals surface area contributed by atoms with Gasteiger partial charge < -0.3 is 10.1 Å². The molecule has 164 valence electrons. The van der Waals surface area contributed by atoms with Crippen molar-refractivity contribution in [1.82, 2.24) is 0 Å². The highest BCUT2D eigenvalue weighted by atomic mass is 16.5. The topological polar surface area (TPSA) is 21.3 Å². The second-order valence-corrected chi connectivity index (χ2v) is 8.64. The maximum Gasteiger partial charge on any atom is 0.119 e. The van der Waals surface area contributed by atoms with Crippen molar-refractivity contribution in [2.75, 3.05) is 12.4 Å². The maximum absolute atomic E-state index is 5.31. The van der Waals surface area contributed by atoms with Crippen LogP contribution in [0.5, 0.6) is 5.75 Å². The monoisotopic (exact) mass is 439 g/mol. The predicted molar refractivity (Wildman–Crippen MR) is 140 cm³/mol. The van der Waals surface area contributed by atoms with Gasteiger partial charge in [-0.15, -0.1) is 0 Å². The molecule has 5 aromatic rings. The van der Waals surface area contributed by atoms with E-state index in [-0.39, 0.29) is 5.41 Å². The van der Waals surface area contributed by atoms with Gasteiger partial charge in [0.15, 0.2) is 0 Å². The molecule has 0 unspecified atom stereocenters. The zero-order valence-corrected chi connectivity index (χ0v) is 19.0. The molecule has 2 heteroatoms. The van der Waals surface area contributed by atoms with Gasteiger partial charge in [-0.25, -0.2) is 0 Å². The highest BCUT2D eigenvalue weighted by Crippen LogP contribution is 2.56. The number of benzene rings is 5. The average Bonchev–Trinajstić information content (AvgIpc) is 3.21. The van der Waals surface area contributed by atoms with Gasteiger partial charge >= 0.3 is 0 Å². The van der Waals surface area contributed by atoms with Gasteiger partial charge in [0.25, 0.3) is 0 Å². The van der Waals surface area contributed by atoms with Crippen LogP contribution in [-0.4, -0.2) is 7.11 Å². The number of ether oxygens (including phenoxy) is 1. The van der Waals surface area contributed by atoms with Crippen LogP contribution in [0.4, 0.5) is 11.4 Å². The van der Waals surface area contributed by atoms with E-state index in [1.807, 2.05) is 24.3 Å². The van der Waals surface area contributed by atoms with E-state index in [9.17, 15) is 0 Å². The zero-order chi connectivity index (χ0) is 23.0. The van der Waals surface area contributed by atoms with E-state index < -0.39 is 0 Å². The molecule has 0 fully saturated rings. The second-order valence-electron chi connectivity index (χ2n) is 8.64. The van der Waals surface area contributed by atoms with Crippen molar-refractivity contribution in [3.05, 3.63) is 150 Å². The number of fused-ring (bicyclic) bond motifs is 3. The van der Waals surface area contributed by atoms with Gasteiger partial charge in [-0.3, -0.25) is 0 Å². The van der Waals surface area contributed by atoms with Gasteiger partial charge in [0.1, 0.15) is 5.75 Å². The maximum atomic E-state index is 5.31. The first kappa shape index (κ1) is 20.3. The molecule has 0 saturated heterocycles. The van der Waals surface area contributed by atoms with Crippen LogP contribution in [0.25, 0.3) is 11.1 Å². The van der Waals surface area contributed by atoms with Crippen LogP contribution in [0.2, 0.25) is 0 Å². The smallest absolute Gasteiger partial charge is 0.119 e. The standard InChI is InChI=1S/C32H25NO/c1-34-27-19-16-25(17-20-27)33-26-18-21-29-28-14-8-9-15-30(28)32(31(29)22-26,23-10-4-2-5-11-23)24-12-6-3-7-13-24/h2-22,33H,1H3. The number of anilines is 2. The first-order chi connectivity index (χ1) is 16.8. The minimum Gasteiger partial charge on any atom is -0.497 e. The van der Waals surface area contributed by atoms with Gasteiger partial charge in [-0.05, 0) is 69.8 Å². The first-order valence-electron chi connectivity index (χ1n) is 11.6. The summed E-state index contributed by atoms with van der Waals surface area (Å²) in [5, 5.41) is 3.60. The van der Waals surface area contributed by atoms with Crippen molar-refractivity contribution in [2.24, 2.45) is 0 Å². The second kappa shape index (κ2) is 8.24. The summed E-state index contributed by atoms with van der Waals surface area (Å²) in [7, 11) is 1.69. The Morgan fingerprint density at radius 3 is 1.74 bits per heavy atom. The molecule has 1 aliphatic rings. The largest absolute Gasteiger partial charge is 0.497 e. The molecule has 2 nitrogen and oxygen atoms in total. The summed E-state index contributed by atoms with van der Waals surface area (Å²) >= 11 is 0. The molecule has 0 aromatic heterocycles. The summed E-state index contributed by atoms with van der Waals surface area (Å²) in [5.74, 6) is 0.849. The number of hydrogen-bond donors (Lipinski definition) is 1. The average molecular weight is 440 g/mol. The molecule has 1 N–H and O–H groups in total. The number of methoxy groups -OCH3 is 1. The lowest BCUT2D eigenvalue weighted by atomic mass is 9.67. The summed E-state index contributed by atoms with van der Waals surface area (Å²) in [6.07, 6.45) is 0. The predicted octanol–water partition coefficient (Wildman–Crippen LogP) is 7.80. The Labute approximate surface area is 200 Å². The Morgan fingerprint density at radius 1 is 0.529 bits per heavy atom. The normalized spacial score (nSPS) is 13.1. The molecule has 0 saturated carbocycles. The van der Waals surface area contributed by atoms with E-state index >= 15 is 0 Å². The SMILES string of the molecule is COc1ccc(Nc2ccc3c(c2)C(c2ccccc2)(c2ccccc2)c2ccccc2-3)cc1. The zero-order valence-electron chi connectivity index (χ0n) is 19.0. The summed E-state index contributed by atoms with van der Waals surface area (Å²) in [4.78, 5) is 0. The van der Waals surface area contributed by atoms with E-state index in [1.165, 1.54) is 33.4 Å². The van der Waals surface area contributed by atoms with E-state index in [4.69, 9.17) is 4.74 Å².